The lowest BCUT2D eigenvalue weighted by molar-refractivity contribution is 0.590. The fraction of sp³-hybridized carbons (Fsp3) is 0.100. The van der Waals surface area contributed by atoms with Gasteiger partial charge in [0.2, 0.25) is 5.95 Å². The second kappa shape index (κ2) is 7.41. The number of H-pyrrole nitrogens is 1. The van der Waals surface area contributed by atoms with E-state index in [1.807, 2.05) is 24.4 Å². The maximum atomic E-state index is 13.8. The minimum Gasteiger partial charge on any atom is -0.361 e. The third-order valence-corrected chi connectivity index (χ3v) is 4.22. The van der Waals surface area contributed by atoms with Crippen LogP contribution in [0.5, 0.6) is 0 Å². The van der Waals surface area contributed by atoms with Gasteiger partial charge < -0.3 is 15.6 Å². The van der Waals surface area contributed by atoms with Crippen molar-refractivity contribution in [1.82, 2.24) is 15.0 Å². The molecule has 0 atom stereocenters. The third-order valence-electron chi connectivity index (χ3n) is 4.22. The highest BCUT2D eigenvalue weighted by molar-refractivity contribution is 5.83. The molecule has 0 spiro atoms. The van der Waals surface area contributed by atoms with Crippen LogP contribution >= 0.6 is 0 Å². The Morgan fingerprint density at radius 3 is 2.63 bits per heavy atom. The van der Waals surface area contributed by atoms with Gasteiger partial charge in [-0.3, -0.25) is 0 Å². The lowest BCUT2D eigenvalue weighted by Crippen LogP contribution is -2.09. The molecular weight excluding hydrogens is 348 g/mol. The van der Waals surface area contributed by atoms with Crippen molar-refractivity contribution in [3.8, 4) is 0 Å². The van der Waals surface area contributed by atoms with Crippen LogP contribution in [-0.2, 0) is 6.42 Å². The van der Waals surface area contributed by atoms with E-state index in [0.29, 0.717) is 18.3 Å². The Balaban J connectivity index is 1.42. The van der Waals surface area contributed by atoms with Gasteiger partial charge in [0.1, 0.15) is 23.1 Å². The molecule has 2 aromatic carbocycles. The van der Waals surface area contributed by atoms with Crippen LogP contribution in [0.3, 0.4) is 0 Å². The highest BCUT2D eigenvalue weighted by Gasteiger charge is 2.09. The number of aromatic nitrogens is 3. The summed E-state index contributed by atoms with van der Waals surface area (Å²) in [5.41, 5.74) is 2.06. The van der Waals surface area contributed by atoms with Crippen LogP contribution in [0.2, 0.25) is 0 Å². The molecule has 0 aliphatic heterocycles. The summed E-state index contributed by atoms with van der Waals surface area (Å²) in [7, 11) is 0. The van der Waals surface area contributed by atoms with E-state index < -0.39 is 11.6 Å². The van der Waals surface area contributed by atoms with E-state index in [-0.39, 0.29) is 5.69 Å². The molecular formula is C20H17F2N5. The monoisotopic (exact) mass is 365 g/mol. The molecule has 0 saturated carbocycles. The second-order valence-corrected chi connectivity index (χ2v) is 6.02. The Morgan fingerprint density at radius 2 is 1.78 bits per heavy atom. The van der Waals surface area contributed by atoms with Crippen molar-refractivity contribution in [3.05, 3.63) is 78.1 Å². The Hall–Kier alpha value is -3.48. The molecule has 136 valence electrons. The zero-order chi connectivity index (χ0) is 18.6. The number of benzene rings is 2. The number of rotatable bonds is 6. The Morgan fingerprint density at radius 1 is 0.963 bits per heavy atom. The molecule has 0 bridgehead atoms. The SMILES string of the molecule is Fc1cccc(F)c1Nc1ccnc(NCCc2c[nH]c3ccccc23)n1. The Bertz CT molecular complexity index is 1060. The third kappa shape index (κ3) is 3.72. The maximum Gasteiger partial charge on any atom is 0.224 e. The van der Waals surface area contributed by atoms with Crippen molar-refractivity contribution < 1.29 is 8.78 Å². The van der Waals surface area contributed by atoms with E-state index >= 15 is 0 Å². The molecule has 3 N–H and O–H groups in total. The van der Waals surface area contributed by atoms with Crippen molar-refractivity contribution in [2.75, 3.05) is 17.2 Å². The Labute approximate surface area is 154 Å². The summed E-state index contributed by atoms with van der Waals surface area (Å²) in [6.07, 6.45) is 4.31. The molecule has 4 rings (SSSR count). The molecule has 2 aromatic heterocycles. The quantitative estimate of drug-likeness (QED) is 0.466. The van der Waals surface area contributed by atoms with E-state index in [1.54, 1.807) is 6.07 Å². The smallest absolute Gasteiger partial charge is 0.224 e. The van der Waals surface area contributed by atoms with Crippen molar-refractivity contribution in [3.63, 3.8) is 0 Å². The number of halogens is 2. The zero-order valence-electron chi connectivity index (χ0n) is 14.3. The van der Waals surface area contributed by atoms with E-state index in [0.717, 1.165) is 11.9 Å². The average Bonchev–Trinajstić information content (AvgIpc) is 3.09. The van der Waals surface area contributed by atoms with E-state index in [1.165, 1.54) is 35.3 Å². The maximum absolute atomic E-state index is 13.8. The molecule has 27 heavy (non-hydrogen) atoms. The molecule has 5 nitrogen and oxygen atoms in total. The molecule has 0 aliphatic carbocycles. The molecule has 0 unspecified atom stereocenters. The summed E-state index contributed by atoms with van der Waals surface area (Å²) >= 11 is 0. The molecule has 0 radical (unpaired) electrons. The first kappa shape index (κ1) is 17.0. The average molecular weight is 365 g/mol. The van der Waals surface area contributed by atoms with Crippen LogP contribution in [-0.4, -0.2) is 21.5 Å². The highest BCUT2D eigenvalue weighted by atomic mass is 19.1. The second-order valence-electron chi connectivity index (χ2n) is 6.02. The molecule has 2 heterocycles. The van der Waals surface area contributed by atoms with Gasteiger partial charge in [-0.15, -0.1) is 0 Å². The first-order valence-electron chi connectivity index (χ1n) is 8.53. The number of nitrogens with one attached hydrogen (secondary N) is 3. The first-order chi connectivity index (χ1) is 13.2. The largest absolute Gasteiger partial charge is 0.361 e. The van der Waals surface area contributed by atoms with Gasteiger partial charge in [0, 0.05) is 29.8 Å². The summed E-state index contributed by atoms with van der Waals surface area (Å²) in [6.45, 7) is 0.624. The van der Waals surface area contributed by atoms with Crippen LogP contribution in [0.25, 0.3) is 10.9 Å². The van der Waals surface area contributed by atoms with Gasteiger partial charge in [0.25, 0.3) is 0 Å². The van der Waals surface area contributed by atoms with Gasteiger partial charge in [-0.2, -0.15) is 4.98 Å². The number of nitrogens with zero attached hydrogens (tertiary/aromatic N) is 2. The lowest BCUT2D eigenvalue weighted by atomic mass is 10.1. The van der Waals surface area contributed by atoms with Gasteiger partial charge in [0.15, 0.2) is 0 Å². The number of para-hydroxylation sites is 2. The van der Waals surface area contributed by atoms with Crippen molar-refractivity contribution >= 4 is 28.4 Å². The zero-order valence-corrected chi connectivity index (χ0v) is 14.3. The van der Waals surface area contributed by atoms with Gasteiger partial charge in [-0.1, -0.05) is 24.3 Å². The standard InChI is InChI=1S/C20H17F2N5/c21-15-5-3-6-16(22)19(15)26-18-9-11-24-20(27-18)23-10-8-13-12-25-17-7-2-1-4-14(13)17/h1-7,9,11-12,25H,8,10H2,(H2,23,24,26,27). The number of fused-ring (bicyclic) bond motifs is 1. The van der Waals surface area contributed by atoms with Gasteiger partial charge in [-0.05, 0) is 36.2 Å². The van der Waals surface area contributed by atoms with Crippen LogP contribution in [0.15, 0.2) is 60.9 Å². The van der Waals surface area contributed by atoms with Crippen LogP contribution in [0.1, 0.15) is 5.56 Å². The number of hydrogen-bond donors (Lipinski definition) is 3. The number of aromatic amines is 1. The van der Waals surface area contributed by atoms with Crippen molar-refractivity contribution in [2.24, 2.45) is 0 Å². The fourth-order valence-electron chi connectivity index (χ4n) is 2.91. The summed E-state index contributed by atoms with van der Waals surface area (Å²) in [4.78, 5) is 11.7. The van der Waals surface area contributed by atoms with E-state index in [2.05, 4.69) is 31.7 Å². The highest BCUT2D eigenvalue weighted by Crippen LogP contribution is 2.22. The number of anilines is 3. The van der Waals surface area contributed by atoms with Crippen LogP contribution in [0.4, 0.5) is 26.2 Å². The predicted molar refractivity (Wildman–Crippen MR) is 102 cm³/mol. The fourth-order valence-corrected chi connectivity index (χ4v) is 2.91. The summed E-state index contributed by atoms with van der Waals surface area (Å²) < 4.78 is 27.5. The topological polar surface area (TPSA) is 65.6 Å². The molecule has 7 heteroatoms. The van der Waals surface area contributed by atoms with E-state index in [9.17, 15) is 8.78 Å². The first-order valence-corrected chi connectivity index (χ1v) is 8.53. The molecule has 4 aromatic rings. The van der Waals surface area contributed by atoms with Gasteiger partial charge >= 0.3 is 0 Å². The molecule has 0 fully saturated rings. The van der Waals surface area contributed by atoms with Crippen molar-refractivity contribution in [1.29, 1.82) is 0 Å². The van der Waals surface area contributed by atoms with Gasteiger partial charge in [0.05, 0.1) is 0 Å². The van der Waals surface area contributed by atoms with Crippen LogP contribution in [0, 0.1) is 11.6 Å². The summed E-state index contributed by atoms with van der Waals surface area (Å²) in [5.74, 6) is -0.662. The lowest BCUT2D eigenvalue weighted by Gasteiger charge is -2.09. The summed E-state index contributed by atoms with van der Waals surface area (Å²) in [5, 5.41) is 6.99. The molecule has 0 amide bonds. The number of hydrogen-bond acceptors (Lipinski definition) is 4. The predicted octanol–water partition coefficient (Wildman–Crippen LogP) is 4.63. The van der Waals surface area contributed by atoms with Crippen LogP contribution < -0.4 is 10.6 Å². The molecule has 0 aliphatic rings. The Kier molecular flexibility index (Phi) is 4.65. The summed E-state index contributed by atoms with van der Waals surface area (Å²) in [6, 6.07) is 13.3. The molecule has 0 saturated heterocycles. The normalized spacial score (nSPS) is 10.9. The minimum absolute atomic E-state index is 0.235. The minimum atomic E-state index is -0.678. The van der Waals surface area contributed by atoms with Gasteiger partial charge in [-0.25, -0.2) is 13.8 Å². The van der Waals surface area contributed by atoms with Crippen molar-refractivity contribution in [2.45, 2.75) is 6.42 Å². The van der Waals surface area contributed by atoms with E-state index in [4.69, 9.17) is 0 Å².